The van der Waals surface area contributed by atoms with Gasteiger partial charge < -0.3 is 39.6 Å². The fourth-order valence-electron chi connectivity index (χ4n) is 8.56. The first-order chi connectivity index (χ1) is 20.1. The Morgan fingerprint density at radius 2 is 1.84 bits per heavy atom. The molecule has 43 heavy (non-hydrogen) atoms. The van der Waals surface area contributed by atoms with Gasteiger partial charge in [-0.25, -0.2) is 19.2 Å². The molecule has 3 saturated heterocycles. The zero-order valence-electron chi connectivity index (χ0n) is 25.0. The third-order valence-electron chi connectivity index (χ3n) is 10.2. The van der Waals surface area contributed by atoms with Crippen molar-refractivity contribution in [1.29, 1.82) is 0 Å². The van der Waals surface area contributed by atoms with Gasteiger partial charge in [-0.05, 0) is 62.9 Å². The van der Waals surface area contributed by atoms with E-state index in [9.17, 15) is 34.2 Å². The maximum absolute atomic E-state index is 13.6. The van der Waals surface area contributed by atoms with Crippen molar-refractivity contribution in [2.24, 2.45) is 40.7 Å². The van der Waals surface area contributed by atoms with E-state index in [2.05, 4.69) is 0 Å². The van der Waals surface area contributed by atoms with Crippen LogP contribution in [0.1, 0.15) is 47.5 Å². The minimum Gasteiger partial charge on any atom is -0.467 e. The number of nitrogens with two attached hydrogens (primary N) is 1. The monoisotopic (exact) mass is 605 g/mol. The third-order valence-corrected chi connectivity index (χ3v) is 10.2. The van der Waals surface area contributed by atoms with Gasteiger partial charge in [0, 0.05) is 18.4 Å². The van der Waals surface area contributed by atoms with Crippen molar-refractivity contribution in [2.75, 3.05) is 13.7 Å². The summed E-state index contributed by atoms with van der Waals surface area (Å²) >= 11 is 0. The first kappa shape index (κ1) is 31.3. The van der Waals surface area contributed by atoms with E-state index in [0.717, 1.165) is 7.11 Å². The number of aliphatic hydroxyl groups excluding tert-OH is 2. The normalized spacial score (nSPS) is 42.0. The molecule has 12 atom stereocenters. The van der Waals surface area contributed by atoms with Crippen molar-refractivity contribution in [3.63, 3.8) is 0 Å². The number of carbonyl (C=O) groups is 5. The Bertz CT molecular complexity index is 1320. The van der Waals surface area contributed by atoms with Gasteiger partial charge in [0.15, 0.2) is 11.5 Å². The van der Waals surface area contributed by atoms with Gasteiger partial charge in [-0.1, -0.05) is 12.5 Å². The van der Waals surface area contributed by atoms with Crippen LogP contribution in [0.4, 0.5) is 0 Å². The largest absolute Gasteiger partial charge is 0.467 e. The number of methoxy groups -OCH3 is 1. The summed E-state index contributed by atoms with van der Waals surface area (Å²) in [6.45, 7) is 8.07. The van der Waals surface area contributed by atoms with Crippen LogP contribution in [-0.2, 0) is 47.7 Å². The fraction of sp³-hybridized carbons (Fsp3) is 0.700. The van der Waals surface area contributed by atoms with Crippen LogP contribution in [0.15, 0.2) is 23.0 Å². The number of ketones is 1. The average Bonchev–Trinajstić information content (AvgIpc) is 3.15. The number of hydrogen-bond acceptors (Lipinski definition) is 13. The lowest BCUT2D eigenvalue weighted by molar-refractivity contribution is -0.266. The van der Waals surface area contributed by atoms with E-state index in [1.165, 1.54) is 13.0 Å². The molecule has 0 radical (unpaired) electrons. The summed E-state index contributed by atoms with van der Waals surface area (Å²) in [5.74, 6) is -8.33. The molecule has 3 heterocycles. The topological polar surface area (TPSA) is 198 Å². The van der Waals surface area contributed by atoms with Crippen LogP contribution >= 0.6 is 0 Å². The van der Waals surface area contributed by atoms with Crippen LogP contribution in [0, 0.1) is 35.0 Å². The molecular formula is C30H39NO12. The van der Waals surface area contributed by atoms with Crippen molar-refractivity contribution in [3.8, 4) is 0 Å². The maximum Gasteiger partial charge on any atom is 0.348 e. The fourth-order valence-corrected chi connectivity index (χ4v) is 8.56. The van der Waals surface area contributed by atoms with Crippen molar-refractivity contribution in [2.45, 2.75) is 83.5 Å². The van der Waals surface area contributed by atoms with Crippen LogP contribution in [0.5, 0.6) is 0 Å². The Kier molecular flexibility index (Phi) is 7.86. The Balaban J connectivity index is 1.70. The minimum absolute atomic E-state index is 0.135. The molecule has 4 bridgehead atoms. The smallest absolute Gasteiger partial charge is 0.348 e. The van der Waals surface area contributed by atoms with E-state index in [-0.39, 0.29) is 25.2 Å². The van der Waals surface area contributed by atoms with Crippen LogP contribution in [0.3, 0.4) is 0 Å². The molecule has 13 heteroatoms. The number of allylic oxidation sites excluding steroid dienone is 3. The highest BCUT2D eigenvalue weighted by Crippen LogP contribution is 2.65. The van der Waals surface area contributed by atoms with Gasteiger partial charge in [-0.3, -0.25) is 4.79 Å². The zero-order valence-corrected chi connectivity index (χ0v) is 25.0. The summed E-state index contributed by atoms with van der Waals surface area (Å²) < 4.78 is 28.2. The molecule has 0 spiro atoms. The predicted molar refractivity (Wildman–Crippen MR) is 144 cm³/mol. The average molecular weight is 606 g/mol. The molecule has 0 amide bonds. The Morgan fingerprint density at radius 1 is 1.16 bits per heavy atom. The van der Waals surface area contributed by atoms with Gasteiger partial charge in [0.1, 0.15) is 18.2 Å². The number of hydrogen-bond donors (Lipinski definition) is 3. The first-order valence-corrected chi connectivity index (χ1v) is 14.5. The number of carbonyl (C=O) groups excluding carboxylic acids is 5. The first-order valence-electron chi connectivity index (χ1n) is 14.5. The second-order valence-corrected chi connectivity index (χ2v) is 13.0. The lowest BCUT2D eigenvalue weighted by Crippen LogP contribution is -2.71. The molecule has 2 saturated carbocycles. The molecule has 6 aliphatic rings. The van der Waals surface area contributed by atoms with Crippen molar-refractivity contribution >= 4 is 29.7 Å². The van der Waals surface area contributed by atoms with E-state index in [4.69, 9.17) is 29.4 Å². The van der Waals surface area contributed by atoms with E-state index >= 15 is 0 Å². The van der Waals surface area contributed by atoms with Crippen LogP contribution in [-0.4, -0.2) is 89.6 Å². The lowest BCUT2D eigenvalue weighted by Gasteiger charge is -2.53. The number of aliphatic hydroxyl groups is 2. The van der Waals surface area contributed by atoms with Gasteiger partial charge in [0.2, 0.25) is 11.7 Å². The molecule has 0 aromatic carbocycles. The zero-order chi connectivity index (χ0) is 31.8. The van der Waals surface area contributed by atoms with Crippen LogP contribution < -0.4 is 5.73 Å². The molecule has 0 aromatic heterocycles. The van der Waals surface area contributed by atoms with E-state index in [0.29, 0.717) is 11.1 Å². The summed E-state index contributed by atoms with van der Waals surface area (Å²) in [4.78, 5) is 65.9. The van der Waals surface area contributed by atoms with Gasteiger partial charge in [-0.2, -0.15) is 0 Å². The van der Waals surface area contributed by atoms with E-state index in [1.807, 2.05) is 0 Å². The molecule has 13 nitrogen and oxygen atoms in total. The molecular weight excluding hydrogens is 566 g/mol. The third kappa shape index (κ3) is 4.54. The Morgan fingerprint density at radius 3 is 2.44 bits per heavy atom. The summed E-state index contributed by atoms with van der Waals surface area (Å²) in [6.07, 6.45) is -4.96. The SMILES string of the molecule is COC(=O)[C@@]12OC[C@H]3C4[C@@H](C[C@H]5C(C)=C(OC(=O)[C@H](C)N)C(=O)C[C@]5(C)C3[C@@H](O)[C@@H]1O)OC(=O)[C@H](OC(=O)C=C(C)C)[C@H]42. The summed E-state index contributed by atoms with van der Waals surface area (Å²) in [5.41, 5.74) is 3.36. The summed E-state index contributed by atoms with van der Waals surface area (Å²) in [6, 6.07) is -0.983. The molecule has 0 aromatic rings. The highest BCUT2D eigenvalue weighted by atomic mass is 16.6. The highest BCUT2D eigenvalue weighted by molar-refractivity contribution is 5.98. The minimum atomic E-state index is -2.28. The van der Waals surface area contributed by atoms with Crippen molar-refractivity contribution in [3.05, 3.63) is 23.0 Å². The molecule has 3 aliphatic heterocycles. The molecule has 3 aliphatic carbocycles. The molecule has 236 valence electrons. The van der Waals surface area contributed by atoms with Gasteiger partial charge in [0.25, 0.3) is 0 Å². The number of ether oxygens (including phenoxy) is 5. The summed E-state index contributed by atoms with van der Waals surface area (Å²) in [5, 5.41) is 23.7. The maximum atomic E-state index is 13.6. The number of fused-ring (bicyclic) bond motifs is 3. The predicted octanol–water partition coefficient (Wildman–Crippen LogP) is 0.0954. The lowest BCUT2D eigenvalue weighted by atomic mass is 9.56. The highest BCUT2D eigenvalue weighted by Gasteiger charge is 2.76. The van der Waals surface area contributed by atoms with E-state index < -0.39 is 101 Å². The Hall–Kier alpha value is -3.13. The quantitative estimate of drug-likeness (QED) is 0.217. The molecule has 4 N–H and O–H groups in total. The van der Waals surface area contributed by atoms with Gasteiger partial charge >= 0.3 is 23.9 Å². The van der Waals surface area contributed by atoms with Crippen molar-refractivity contribution < 1.29 is 57.9 Å². The second-order valence-electron chi connectivity index (χ2n) is 13.0. The number of esters is 4. The second kappa shape index (κ2) is 10.8. The molecule has 6 rings (SSSR count). The van der Waals surface area contributed by atoms with Crippen LogP contribution in [0.25, 0.3) is 0 Å². The van der Waals surface area contributed by atoms with Crippen LogP contribution in [0.2, 0.25) is 0 Å². The van der Waals surface area contributed by atoms with Gasteiger partial charge in [-0.15, -0.1) is 0 Å². The van der Waals surface area contributed by atoms with Crippen molar-refractivity contribution in [1.82, 2.24) is 0 Å². The Labute approximate surface area is 248 Å². The standard InChI is InChI=1S/C30H39NO12/c1-11(2)7-18(33)42-24-21-19-14-10-40-30(21,28(38)39-6)25(35)22(34)20(14)29(5)9-16(32)23(43-26(36)13(4)31)12(3)15(29)8-17(19)41-27(24)37/h7,13-15,17,19-22,24-25,34-35H,8-10,31H2,1-6H3/t13-,14-,15-,17+,19?,20?,21-,22+,24+,25-,29-,30-/m0/s1. The number of rotatable bonds is 5. The van der Waals surface area contributed by atoms with Gasteiger partial charge in [0.05, 0.1) is 25.7 Å². The summed E-state index contributed by atoms with van der Waals surface area (Å²) in [7, 11) is 1.09. The molecule has 2 unspecified atom stereocenters. The van der Waals surface area contributed by atoms with E-state index in [1.54, 1.807) is 27.7 Å². The molecule has 5 fully saturated rings. The number of Topliss-reactive ketones (excluding diaryl/α,β-unsaturated/α-hetero) is 1.